The van der Waals surface area contributed by atoms with Crippen LogP contribution in [0.2, 0.25) is 0 Å². The summed E-state index contributed by atoms with van der Waals surface area (Å²) in [5.74, 6) is 0.277. The first kappa shape index (κ1) is 23.4. The van der Waals surface area contributed by atoms with E-state index in [2.05, 4.69) is 36.5 Å². The van der Waals surface area contributed by atoms with E-state index >= 15 is 0 Å². The Morgan fingerprint density at radius 3 is 2.67 bits per heavy atom. The number of aromatic nitrogens is 4. The lowest BCUT2D eigenvalue weighted by molar-refractivity contribution is 0.101. The Balaban J connectivity index is 1.46. The summed E-state index contributed by atoms with van der Waals surface area (Å²) in [6, 6.07) is 13.9. The third-order valence-corrected chi connectivity index (χ3v) is 6.92. The number of ether oxygens (including phenoxy) is 1. The van der Waals surface area contributed by atoms with E-state index in [0.29, 0.717) is 23.2 Å². The van der Waals surface area contributed by atoms with E-state index < -0.39 is 5.91 Å². The lowest BCUT2D eigenvalue weighted by Gasteiger charge is -2.03. The molecule has 170 valence electrons. The number of nitrogens with zero attached hydrogens (tertiary/aromatic N) is 4. The molecule has 2 aromatic heterocycles. The van der Waals surface area contributed by atoms with Crippen LogP contribution in [0.3, 0.4) is 0 Å². The van der Waals surface area contributed by atoms with Crippen LogP contribution in [0, 0.1) is 5.82 Å². The van der Waals surface area contributed by atoms with E-state index in [1.54, 1.807) is 30.1 Å². The molecule has 2 heterocycles. The average Bonchev–Trinajstić information content (AvgIpc) is 3.45. The lowest BCUT2D eigenvalue weighted by Crippen LogP contribution is -2.14. The summed E-state index contributed by atoms with van der Waals surface area (Å²) in [4.78, 5) is 12.9. The van der Waals surface area contributed by atoms with Crippen molar-refractivity contribution in [2.75, 3.05) is 11.9 Å². The van der Waals surface area contributed by atoms with Gasteiger partial charge in [0.15, 0.2) is 15.8 Å². The van der Waals surface area contributed by atoms with Crippen LogP contribution < -0.4 is 10.1 Å². The van der Waals surface area contributed by atoms with Crippen molar-refractivity contribution in [3.05, 3.63) is 76.3 Å². The van der Waals surface area contributed by atoms with Gasteiger partial charge in [0.05, 0.1) is 18.5 Å². The molecular weight excluding hydrogens is 529 g/mol. The van der Waals surface area contributed by atoms with Crippen LogP contribution in [0.25, 0.3) is 5.69 Å². The molecular formula is C22H19BrFN5O2S2. The van der Waals surface area contributed by atoms with Gasteiger partial charge in [-0.3, -0.25) is 10.1 Å². The van der Waals surface area contributed by atoms with Gasteiger partial charge in [-0.15, -0.1) is 10.2 Å². The van der Waals surface area contributed by atoms with Gasteiger partial charge in [0, 0.05) is 10.2 Å². The SMILES string of the molecule is CCCOc1cn(-c2ccc(F)cc2)nc1C(=O)Nc1nnc(SCc2ccc(Br)cc2)s1. The predicted molar refractivity (Wildman–Crippen MR) is 131 cm³/mol. The number of thioether (sulfide) groups is 1. The first-order valence-corrected chi connectivity index (χ1v) is 12.6. The molecule has 0 saturated heterocycles. The second-order valence-corrected chi connectivity index (χ2v) is 9.97. The predicted octanol–water partition coefficient (Wildman–Crippen LogP) is 5.96. The zero-order chi connectivity index (χ0) is 23.2. The molecule has 0 aliphatic carbocycles. The highest BCUT2D eigenvalue weighted by Crippen LogP contribution is 2.29. The molecule has 0 spiro atoms. The topological polar surface area (TPSA) is 81.9 Å². The van der Waals surface area contributed by atoms with E-state index in [-0.39, 0.29) is 11.5 Å². The van der Waals surface area contributed by atoms with Gasteiger partial charge >= 0.3 is 0 Å². The van der Waals surface area contributed by atoms with E-state index in [9.17, 15) is 9.18 Å². The van der Waals surface area contributed by atoms with Crippen molar-refractivity contribution >= 4 is 50.1 Å². The molecule has 0 atom stereocenters. The van der Waals surface area contributed by atoms with Crippen LogP contribution in [0.4, 0.5) is 9.52 Å². The van der Waals surface area contributed by atoms with Crippen LogP contribution in [-0.2, 0) is 5.75 Å². The number of benzene rings is 2. The van der Waals surface area contributed by atoms with Crippen molar-refractivity contribution in [3.63, 3.8) is 0 Å². The van der Waals surface area contributed by atoms with Crippen LogP contribution >= 0.6 is 39.0 Å². The Bertz CT molecular complexity index is 1230. The number of anilines is 1. The smallest absolute Gasteiger partial charge is 0.281 e. The normalized spacial score (nSPS) is 10.9. The van der Waals surface area contributed by atoms with Crippen LogP contribution in [0.5, 0.6) is 5.75 Å². The summed E-state index contributed by atoms with van der Waals surface area (Å²) in [6.45, 7) is 2.41. The van der Waals surface area contributed by atoms with Crippen molar-refractivity contribution in [2.45, 2.75) is 23.4 Å². The zero-order valence-corrected chi connectivity index (χ0v) is 20.7. The molecule has 1 amide bonds. The van der Waals surface area contributed by atoms with Gasteiger partial charge in [0.2, 0.25) is 5.13 Å². The molecule has 2 aromatic carbocycles. The van der Waals surface area contributed by atoms with E-state index in [4.69, 9.17) is 4.74 Å². The molecule has 11 heteroatoms. The van der Waals surface area contributed by atoms with Gasteiger partial charge in [-0.2, -0.15) is 5.10 Å². The monoisotopic (exact) mass is 547 g/mol. The van der Waals surface area contributed by atoms with Crippen molar-refractivity contribution < 1.29 is 13.9 Å². The minimum absolute atomic E-state index is 0.118. The van der Waals surface area contributed by atoms with Crippen LogP contribution in [0.1, 0.15) is 29.4 Å². The Kier molecular flexibility index (Phi) is 7.73. The third kappa shape index (κ3) is 6.18. The maximum absolute atomic E-state index is 13.3. The van der Waals surface area contributed by atoms with Crippen molar-refractivity contribution in [1.82, 2.24) is 20.0 Å². The molecule has 7 nitrogen and oxygen atoms in total. The summed E-state index contributed by atoms with van der Waals surface area (Å²) >= 11 is 6.26. The highest BCUT2D eigenvalue weighted by molar-refractivity contribution is 9.10. The average molecular weight is 548 g/mol. The molecule has 1 N–H and O–H groups in total. The number of nitrogens with one attached hydrogen (secondary N) is 1. The van der Waals surface area contributed by atoms with Gasteiger partial charge in [0.1, 0.15) is 5.82 Å². The molecule has 0 radical (unpaired) electrons. The maximum Gasteiger partial charge on any atom is 0.281 e. The minimum atomic E-state index is -0.456. The summed E-state index contributed by atoms with van der Waals surface area (Å²) in [6.07, 6.45) is 2.38. The maximum atomic E-state index is 13.3. The first-order chi connectivity index (χ1) is 16.0. The molecule has 0 fully saturated rings. The summed E-state index contributed by atoms with van der Waals surface area (Å²) in [5.41, 5.74) is 1.89. The molecule has 33 heavy (non-hydrogen) atoms. The van der Waals surface area contributed by atoms with E-state index in [1.807, 2.05) is 31.2 Å². The fourth-order valence-electron chi connectivity index (χ4n) is 2.76. The lowest BCUT2D eigenvalue weighted by atomic mass is 10.2. The van der Waals surface area contributed by atoms with Crippen LogP contribution in [-0.4, -0.2) is 32.5 Å². The largest absolute Gasteiger partial charge is 0.489 e. The molecule has 0 unspecified atom stereocenters. The number of hydrogen-bond donors (Lipinski definition) is 1. The van der Waals surface area contributed by atoms with Gasteiger partial charge in [-0.05, 0) is 48.4 Å². The highest BCUT2D eigenvalue weighted by atomic mass is 79.9. The van der Waals surface area contributed by atoms with Crippen molar-refractivity contribution in [1.29, 1.82) is 0 Å². The molecule has 4 aromatic rings. The summed E-state index contributed by atoms with van der Waals surface area (Å²) < 4.78 is 22.2. The molecule has 0 bridgehead atoms. The second kappa shape index (κ2) is 10.9. The van der Waals surface area contributed by atoms with Crippen LogP contribution in [0.15, 0.2) is 63.5 Å². The fourth-order valence-corrected chi connectivity index (χ4v) is 4.73. The fraction of sp³-hybridized carbons (Fsp3) is 0.182. The molecule has 0 aliphatic rings. The number of carbonyl (C=O) groups is 1. The summed E-state index contributed by atoms with van der Waals surface area (Å²) in [5, 5.41) is 15.7. The highest BCUT2D eigenvalue weighted by Gasteiger charge is 2.21. The van der Waals surface area contributed by atoms with Crippen molar-refractivity contribution in [3.8, 4) is 11.4 Å². The minimum Gasteiger partial charge on any atom is -0.489 e. The van der Waals surface area contributed by atoms with Gasteiger partial charge in [-0.1, -0.05) is 58.1 Å². The van der Waals surface area contributed by atoms with Gasteiger partial charge < -0.3 is 4.74 Å². The molecule has 0 aliphatic heterocycles. The number of halogens is 2. The Hall–Kier alpha value is -2.76. The third-order valence-electron chi connectivity index (χ3n) is 4.35. The van der Waals surface area contributed by atoms with Gasteiger partial charge in [0.25, 0.3) is 5.91 Å². The first-order valence-electron chi connectivity index (χ1n) is 10.0. The number of rotatable bonds is 9. The number of carbonyl (C=O) groups excluding carboxylic acids is 1. The second-order valence-electron chi connectivity index (χ2n) is 6.85. The zero-order valence-electron chi connectivity index (χ0n) is 17.5. The standard InChI is InChI=1S/C22H19BrFN5O2S2/c1-2-11-31-18-12-29(17-9-7-16(24)8-10-17)28-19(18)20(30)25-21-26-27-22(33-21)32-13-14-3-5-15(23)6-4-14/h3-10,12H,2,11,13H2,1H3,(H,25,26,30). The Labute approximate surface area is 206 Å². The molecule has 0 saturated carbocycles. The Morgan fingerprint density at radius 1 is 1.18 bits per heavy atom. The van der Waals surface area contributed by atoms with Gasteiger partial charge in [-0.25, -0.2) is 9.07 Å². The number of hydrogen-bond acceptors (Lipinski definition) is 7. The van der Waals surface area contributed by atoms with Crippen molar-refractivity contribution in [2.24, 2.45) is 0 Å². The quantitative estimate of drug-likeness (QED) is 0.205. The number of amides is 1. The summed E-state index contributed by atoms with van der Waals surface area (Å²) in [7, 11) is 0. The van der Waals surface area contributed by atoms with E-state index in [0.717, 1.165) is 26.5 Å². The molecule has 4 rings (SSSR count). The van der Waals surface area contributed by atoms with E-state index in [1.165, 1.54) is 28.2 Å². The Morgan fingerprint density at radius 2 is 1.94 bits per heavy atom.